The van der Waals surface area contributed by atoms with Gasteiger partial charge in [-0.1, -0.05) is 13.8 Å². The normalized spacial score (nSPS) is 22.5. The zero-order valence-corrected chi connectivity index (χ0v) is 22.2. The molecule has 2 aliphatic heterocycles. The lowest BCUT2D eigenvalue weighted by atomic mass is 9.81. The number of aromatic nitrogens is 2. The number of alkyl halides is 1. The number of aryl methyl sites for hydroxylation is 1. The standard InChI is InChI=1S/C29H29F2N3O5/c1-5-28(4,31)26(36)33-19-8-7-14-13(3)18(30)10-20-22(14)23(19)15-11-34-21(24(15)32-20)9-17-16(25(34)35)12-39-27(37)29(17,38)6-2/h9-10,19,38H,5-8,11-12H2,1-4H3,(H,33,36)/t19-,28?,29?/m0/s1. The van der Waals surface area contributed by atoms with E-state index in [1.54, 1.807) is 26.8 Å². The minimum absolute atomic E-state index is 0.00381. The van der Waals surface area contributed by atoms with Gasteiger partial charge in [0.05, 0.1) is 35.1 Å². The number of rotatable bonds is 4. The number of amides is 1. The Morgan fingerprint density at radius 1 is 1.28 bits per heavy atom. The number of carbonyl (C=O) groups is 2. The van der Waals surface area contributed by atoms with E-state index in [9.17, 15) is 28.3 Å². The maximum atomic E-state index is 15.0. The van der Waals surface area contributed by atoms with Gasteiger partial charge in [0.25, 0.3) is 11.5 Å². The highest BCUT2D eigenvalue weighted by atomic mass is 19.1. The third kappa shape index (κ3) is 3.43. The third-order valence-electron chi connectivity index (χ3n) is 8.82. The van der Waals surface area contributed by atoms with Crippen LogP contribution in [0.25, 0.3) is 22.3 Å². The monoisotopic (exact) mass is 537 g/mol. The summed E-state index contributed by atoms with van der Waals surface area (Å²) in [4.78, 5) is 43.8. The summed E-state index contributed by atoms with van der Waals surface area (Å²) in [6.45, 7) is 6.03. The van der Waals surface area contributed by atoms with Crippen LogP contribution in [0.4, 0.5) is 8.78 Å². The van der Waals surface area contributed by atoms with E-state index in [1.165, 1.54) is 17.6 Å². The Bertz CT molecular complexity index is 1680. The second-order valence-electron chi connectivity index (χ2n) is 10.9. The molecule has 1 amide bonds. The number of carbonyl (C=O) groups excluding carboxylic acids is 2. The van der Waals surface area contributed by atoms with Crippen LogP contribution >= 0.6 is 0 Å². The van der Waals surface area contributed by atoms with E-state index in [0.29, 0.717) is 51.8 Å². The summed E-state index contributed by atoms with van der Waals surface area (Å²) >= 11 is 0. The molecule has 8 nitrogen and oxygen atoms in total. The van der Waals surface area contributed by atoms with Crippen LogP contribution in [0.1, 0.15) is 79.5 Å². The minimum atomic E-state index is -2.07. The second kappa shape index (κ2) is 8.42. The van der Waals surface area contributed by atoms with Crippen molar-refractivity contribution < 1.29 is 28.2 Å². The van der Waals surface area contributed by atoms with E-state index in [4.69, 9.17) is 9.72 Å². The summed E-state index contributed by atoms with van der Waals surface area (Å²) in [6, 6.07) is 2.36. The highest BCUT2D eigenvalue weighted by molar-refractivity contribution is 5.94. The smallest absolute Gasteiger partial charge is 0.343 e. The molecule has 6 rings (SSSR count). The van der Waals surface area contributed by atoms with E-state index in [0.717, 1.165) is 5.56 Å². The van der Waals surface area contributed by atoms with Gasteiger partial charge >= 0.3 is 5.97 Å². The van der Waals surface area contributed by atoms with Crippen LogP contribution < -0.4 is 10.9 Å². The number of benzene rings is 1. The zero-order chi connectivity index (χ0) is 28.0. The summed E-state index contributed by atoms with van der Waals surface area (Å²) in [5.41, 5.74) is -0.302. The fourth-order valence-corrected chi connectivity index (χ4v) is 6.17. The van der Waals surface area contributed by atoms with Gasteiger partial charge in [-0.25, -0.2) is 18.6 Å². The first-order valence-electron chi connectivity index (χ1n) is 13.2. The summed E-state index contributed by atoms with van der Waals surface area (Å²) in [6.07, 6.45) is 0.905. The number of cyclic esters (lactones) is 1. The van der Waals surface area contributed by atoms with Crippen molar-refractivity contribution in [2.45, 2.75) is 83.8 Å². The maximum absolute atomic E-state index is 15.0. The Morgan fingerprint density at radius 2 is 2.03 bits per heavy atom. The number of halogens is 2. The molecule has 0 bridgehead atoms. The number of nitrogens with one attached hydrogen (secondary N) is 1. The molecule has 2 N–H and O–H groups in total. The van der Waals surface area contributed by atoms with Gasteiger partial charge in [0.15, 0.2) is 11.3 Å². The molecule has 204 valence electrons. The molecule has 10 heteroatoms. The average Bonchev–Trinajstić information content (AvgIpc) is 3.28. The van der Waals surface area contributed by atoms with Crippen molar-refractivity contribution in [1.29, 1.82) is 0 Å². The van der Waals surface area contributed by atoms with Crippen LogP contribution in [0, 0.1) is 12.7 Å². The number of nitrogens with zero attached hydrogens (tertiary/aromatic N) is 2. The number of pyridine rings is 2. The first-order valence-corrected chi connectivity index (χ1v) is 13.2. The molecule has 3 aromatic rings. The van der Waals surface area contributed by atoms with Crippen molar-refractivity contribution in [2.24, 2.45) is 0 Å². The summed E-state index contributed by atoms with van der Waals surface area (Å²) in [5, 5.41) is 14.7. The Labute approximate surface area is 223 Å². The van der Waals surface area contributed by atoms with E-state index >= 15 is 0 Å². The molecule has 4 heterocycles. The van der Waals surface area contributed by atoms with Gasteiger partial charge in [-0.3, -0.25) is 9.59 Å². The van der Waals surface area contributed by atoms with Crippen molar-refractivity contribution in [3.63, 3.8) is 0 Å². The third-order valence-corrected chi connectivity index (χ3v) is 8.82. The van der Waals surface area contributed by atoms with Gasteiger partial charge < -0.3 is 19.7 Å². The number of ether oxygens (including phenoxy) is 1. The Balaban J connectivity index is 1.62. The topological polar surface area (TPSA) is 111 Å². The van der Waals surface area contributed by atoms with Gasteiger partial charge in [0.2, 0.25) is 0 Å². The van der Waals surface area contributed by atoms with Gasteiger partial charge in [-0.2, -0.15) is 0 Å². The van der Waals surface area contributed by atoms with Crippen LogP contribution in [0.5, 0.6) is 0 Å². The van der Waals surface area contributed by atoms with E-state index < -0.39 is 40.6 Å². The van der Waals surface area contributed by atoms with Crippen molar-refractivity contribution in [2.75, 3.05) is 0 Å². The van der Waals surface area contributed by atoms with Crippen molar-refractivity contribution in [1.82, 2.24) is 14.9 Å². The first-order chi connectivity index (χ1) is 18.4. The van der Waals surface area contributed by atoms with Crippen LogP contribution in [-0.2, 0) is 39.5 Å². The Hall–Kier alpha value is -3.66. The molecule has 0 saturated carbocycles. The molecule has 0 saturated heterocycles. The quantitative estimate of drug-likeness (QED) is 0.384. The number of hydrogen-bond acceptors (Lipinski definition) is 6. The molecule has 3 aliphatic rings. The highest BCUT2D eigenvalue weighted by Crippen LogP contribution is 2.46. The zero-order valence-electron chi connectivity index (χ0n) is 22.2. The molecule has 1 aromatic carbocycles. The van der Waals surface area contributed by atoms with Gasteiger partial charge in [0.1, 0.15) is 12.4 Å². The molecule has 0 spiro atoms. The molecular weight excluding hydrogens is 508 g/mol. The fraction of sp³-hybridized carbons (Fsp3) is 0.448. The van der Waals surface area contributed by atoms with Crippen LogP contribution in [0.2, 0.25) is 0 Å². The number of fused-ring (bicyclic) bond motifs is 5. The summed E-state index contributed by atoms with van der Waals surface area (Å²) in [5.74, 6) is -1.97. The maximum Gasteiger partial charge on any atom is 0.343 e. The van der Waals surface area contributed by atoms with Gasteiger partial charge in [-0.15, -0.1) is 0 Å². The molecule has 3 atom stereocenters. The van der Waals surface area contributed by atoms with Crippen molar-refractivity contribution >= 4 is 22.8 Å². The fourth-order valence-electron chi connectivity index (χ4n) is 6.17. The predicted molar refractivity (Wildman–Crippen MR) is 138 cm³/mol. The van der Waals surface area contributed by atoms with Crippen LogP contribution in [0.3, 0.4) is 0 Å². The minimum Gasteiger partial charge on any atom is -0.458 e. The highest BCUT2D eigenvalue weighted by Gasteiger charge is 2.46. The number of hydrogen-bond donors (Lipinski definition) is 2. The average molecular weight is 538 g/mol. The SMILES string of the molecule is CCC(C)(F)C(=O)N[C@H]1CCc2c(C)c(F)cc3nc4c(c1c23)Cn1c-4cc2c(c1=O)COC(=O)C2(O)CC. The summed E-state index contributed by atoms with van der Waals surface area (Å²) < 4.78 is 36.6. The van der Waals surface area contributed by atoms with E-state index in [2.05, 4.69) is 5.32 Å². The second-order valence-corrected chi connectivity index (χ2v) is 10.9. The number of aliphatic hydroxyl groups is 1. The molecule has 2 aromatic heterocycles. The predicted octanol–water partition coefficient (Wildman–Crippen LogP) is 3.77. The van der Waals surface area contributed by atoms with Crippen molar-refractivity contribution in [3.8, 4) is 11.4 Å². The van der Waals surface area contributed by atoms with E-state index in [1.807, 2.05) is 0 Å². The first kappa shape index (κ1) is 25.6. The van der Waals surface area contributed by atoms with E-state index in [-0.39, 0.29) is 37.1 Å². The molecule has 39 heavy (non-hydrogen) atoms. The van der Waals surface area contributed by atoms with Crippen LogP contribution in [0.15, 0.2) is 16.9 Å². The molecule has 1 aliphatic carbocycles. The lowest BCUT2D eigenvalue weighted by molar-refractivity contribution is -0.172. The largest absolute Gasteiger partial charge is 0.458 e. The Morgan fingerprint density at radius 3 is 2.72 bits per heavy atom. The Kier molecular flexibility index (Phi) is 5.53. The number of esters is 1. The van der Waals surface area contributed by atoms with Gasteiger partial charge in [-0.05, 0) is 62.3 Å². The van der Waals surface area contributed by atoms with Crippen molar-refractivity contribution in [3.05, 3.63) is 61.7 Å². The molecular formula is C29H29F2N3O5. The van der Waals surface area contributed by atoms with Gasteiger partial charge in [0, 0.05) is 22.6 Å². The lowest BCUT2D eigenvalue weighted by Gasteiger charge is -2.31. The lowest BCUT2D eigenvalue weighted by Crippen LogP contribution is -2.44. The summed E-state index contributed by atoms with van der Waals surface area (Å²) in [7, 11) is 0. The molecule has 0 radical (unpaired) electrons. The molecule has 0 fully saturated rings. The van der Waals surface area contributed by atoms with Crippen LogP contribution in [-0.4, -0.2) is 32.2 Å². The molecule has 2 unspecified atom stereocenters.